The quantitative estimate of drug-likeness (QED) is 0.613. The van der Waals surface area contributed by atoms with Crippen LogP contribution in [0.5, 0.6) is 0 Å². The maximum atomic E-state index is 13.1. The number of amides is 2. The van der Waals surface area contributed by atoms with Crippen LogP contribution in [0, 0.1) is 5.82 Å². The lowest BCUT2D eigenvalue weighted by molar-refractivity contribution is 0.0846. The predicted molar refractivity (Wildman–Crippen MR) is 90.9 cm³/mol. The van der Waals surface area contributed by atoms with Crippen LogP contribution in [0.4, 0.5) is 4.39 Å². The van der Waals surface area contributed by atoms with Gasteiger partial charge in [0, 0.05) is 27.7 Å². The Morgan fingerprint density at radius 1 is 1.04 bits per heavy atom. The largest absolute Gasteiger partial charge is 0.360 e. The van der Waals surface area contributed by atoms with E-state index in [9.17, 15) is 18.8 Å². The number of halogens is 2. The minimum atomic E-state index is -0.812. The van der Waals surface area contributed by atoms with E-state index < -0.39 is 23.1 Å². The number of aromatic nitrogens is 1. The smallest absolute Gasteiger partial charge is 0.275 e. The van der Waals surface area contributed by atoms with Crippen LogP contribution in [0.2, 0.25) is 5.02 Å². The topological polar surface area (TPSA) is 91.1 Å². The summed E-state index contributed by atoms with van der Waals surface area (Å²) in [7, 11) is 0. The van der Waals surface area contributed by atoms with Crippen LogP contribution in [-0.2, 0) is 0 Å². The van der Waals surface area contributed by atoms with Crippen molar-refractivity contribution < 1.29 is 14.0 Å². The van der Waals surface area contributed by atoms with Gasteiger partial charge in [0.05, 0.1) is 0 Å². The van der Waals surface area contributed by atoms with Crippen molar-refractivity contribution in [2.24, 2.45) is 0 Å². The third kappa shape index (κ3) is 3.51. The van der Waals surface area contributed by atoms with Gasteiger partial charge < -0.3 is 4.98 Å². The van der Waals surface area contributed by atoms with Gasteiger partial charge in [0.25, 0.3) is 11.8 Å². The van der Waals surface area contributed by atoms with Crippen molar-refractivity contribution in [2.45, 2.75) is 0 Å². The Morgan fingerprint density at radius 3 is 2.56 bits per heavy atom. The minimum absolute atomic E-state index is 0.0273. The molecule has 0 spiro atoms. The maximum absolute atomic E-state index is 13.1. The van der Waals surface area contributed by atoms with Crippen LogP contribution in [0.15, 0.2) is 53.5 Å². The zero-order valence-corrected chi connectivity index (χ0v) is 13.4. The molecule has 6 nitrogen and oxygen atoms in total. The summed E-state index contributed by atoms with van der Waals surface area (Å²) in [5.74, 6) is -2.11. The zero-order valence-electron chi connectivity index (χ0n) is 12.6. The predicted octanol–water partition coefficient (Wildman–Crippen LogP) is 2.40. The molecule has 1 heterocycles. The molecule has 0 fully saturated rings. The summed E-state index contributed by atoms with van der Waals surface area (Å²) in [4.78, 5) is 39.2. The number of aromatic amines is 1. The summed E-state index contributed by atoms with van der Waals surface area (Å²) in [6.07, 6.45) is 1.24. The molecule has 25 heavy (non-hydrogen) atoms. The average Bonchev–Trinajstić information content (AvgIpc) is 2.60. The van der Waals surface area contributed by atoms with Crippen molar-refractivity contribution in [3.63, 3.8) is 0 Å². The fourth-order valence-corrected chi connectivity index (χ4v) is 2.41. The molecule has 2 aromatic carbocycles. The Kier molecular flexibility index (Phi) is 4.49. The first-order valence-electron chi connectivity index (χ1n) is 7.13. The van der Waals surface area contributed by atoms with Gasteiger partial charge in [-0.15, -0.1) is 0 Å². The number of carbonyl (C=O) groups is 2. The molecule has 3 aromatic rings. The first kappa shape index (κ1) is 16.7. The Balaban J connectivity index is 1.80. The van der Waals surface area contributed by atoms with Gasteiger partial charge in [-0.2, -0.15) is 0 Å². The molecule has 3 N–H and O–H groups in total. The molecule has 0 radical (unpaired) electrons. The molecule has 0 unspecified atom stereocenters. The second kappa shape index (κ2) is 6.74. The molecule has 0 saturated heterocycles. The fraction of sp³-hybridized carbons (Fsp3) is 0. The van der Waals surface area contributed by atoms with E-state index in [2.05, 4.69) is 15.8 Å². The number of pyridine rings is 1. The first-order valence-corrected chi connectivity index (χ1v) is 7.51. The summed E-state index contributed by atoms with van der Waals surface area (Å²) < 4.78 is 13.1. The highest BCUT2D eigenvalue weighted by molar-refractivity contribution is 6.31. The summed E-state index contributed by atoms with van der Waals surface area (Å²) >= 11 is 5.86. The van der Waals surface area contributed by atoms with Crippen molar-refractivity contribution in [3.8, 4) is 0 Å². The number of hydrazine groups is 1. The molecular formula is C17H11ClFN3O3. The summed E-state index contributed by atoms with van der Waals surface area (Å²) in [5, 5.41) is 0.603. The van der Waals surface area contributed by atoms with Gasteiger partial charge >= 0.3 is 0 Å². The van der Waals surface area contributed by atoms with Crippen molar-refractivity contribution >= 4 is 34.3 Å². The number of nitrogens with one attached hydrogen (secondary N) is 3. The Labute approximate surface area is 145 Å². The van der Waals surface area contributed by atoms with Gasteiger partial charge in [-0.1, -0.05) is 17.7 Å². The number of hydrogen-bond acceptors (Lipinski definition) is 3. The second-order valence-corrected chi connectivity index (χ2v) is 5.58. The average molecular weight is 360 g/mol. The van der Waals surface area contributed by atoms with Gasteiger partial charge in [0.1, 0.15) is 11.4 Å². The summed E-state index contributed by atoms with van der Waals surface area (Å²) in [6, 6.07) is 9.63. The minimum Gasteiger partial charge on any atom is -0.360 e. The van der Waals surface area contributed by atoms with Crippen molar-refractivity contribution in [3.05, 3.63) is 80.9 Å². The maximum Gasteiger partial charge on any atom is 0.275 e. The molecule has 8 heteroatoms. The van der Waals surface area contributed by atoms with E-state index in [1.165, 1.54) is 30.5 Å². The summed E-state index contributed by atoms with van der Waals surface area (Å²) in [6.45, 7) is 0. The molecule has 0 aliphatic carbocycles. The van der Waals surface area contributed by atoms with E-state index in [-0.39, 0.29) is 16.5 Å². The number of benzene rings is 2. The van der Waals surface area contributed by atoms with E-state index in [1.54, 1.807) is 12.1 Å². The monoisotopic (exact) mass is 359 g/mol. The van der Waals surface area contributed by atoms with Gasteiger partial charge in [-0.05, 0) is 36.4 Å². The Bertz CT molecular complexity index is 1050. The Morgan fingerprint density at radius 2 is 1.80 bits per heavy atom. The Hall–Kier alpha value is -3.19. The molecular weight excluding hydrogens is 349 g/mol. The normalized spacial score (nSPS) is 10.5. The molecule has 3 rings (SSSR count). The van der Waals surface area contributed by atoms with Crippen LogP contribution >= 0.6 is 11.6 Å². The highest BCUT2D eigenvalue weighted by Gasteiger charge is 2.14. The molecule has 0 aliphatic heterocycles. The van der Waals surface area contributed by atoms with Crippen LogP contribution < -0.4 is 16.3 Å². The standard InChI is InChI=1S/C17H11ClFN3O3/c18-10-4-5-14-12(7-10)15(23)13(8-20-14)17(25)22-21-16(24)9-2-1-3-11(19)6-9/h1-8H,(H,20,23)(H,21,24)(H,22,25). The van der Waals surface area contributed by atoms with Crippen LogP contribution in [-0.4, -0.2) is 16.8 Å². The number of fused-ring (bicyclic) bond motifs is 1. The van der Waals surface area contributed by atoms with Crippen LogP contribution in [0.3, 0.4) is 0 Å². The van der Waals surface area contributed by atoms with Gasteiger partial charge in [0.2, 0.25) is 5.43 Å². The van der Waals surface area contributed by atoms with E-state index in [0.29, 0.717) is 10.5 Å². The molecule has 2 amide bonds. The highest BCUT2D eigenvalue weighted by Crippen LogP contribution is 2.15. The van der Waals surface area contributed by atoms with Gasteiger partial charge in [0.15, 0.2) is 0 Å². The molecule has 0 bridgehead atoms. The number of carbonyl (C=O) groups excluding carboxylic acids is 2. The molecule has 0 aliphatic rings. The number of rotatable bonds is 2. The lowest BCUT2D eigenvalue weighted by atomic mass is 10.1. The third-order valence-electron chi connectivity index (χ3n) is 3.46. The van der Waals surface area contributed by atoms with E-state index in [0.717, 1.165) is 6.07 Å². The first-order chi connectivity index (χ1) is 12.0. The van der Waals surface area contributed by atoms with Crippen molar-refractivity contribution in [1.29, 1.82) is 0 Å². The highest BCUT2D eigenvalue weighted by atomic mass is 35.5. The fourth-order valence-electron chi connectivity index (χ4n) is 2.24. The van der Waals surface area contributed by atoms with Gasteiger partial charge in [-0.3, -0.25) is 25.2 Å². The zero-order chi connectivity index (χ0) is 18.0. The second-order valence-electron chi connectivity index (χ2n) is 5.14. The van der Waals surface area contributed by atoms with Crippen LogP contribution in [0.25, 0.3) is 10.9 Å². The molecule has 0 saturated carbocycles. The molecule has 1 aromatic heterocycles. The summed E-state index contributed by atoms with van der Waals surface area (Å²) in [5.41, 5.74) is 4.07. The molecule has 126 valence electrons. The SMILES string of the molecule is O=C(NNC(=O)c1c[nH]c2ccc(Cl)cc2c1=O)c1cccc(F)c1. The van der Waals surface area contributed by atoms with E-state index >= 15 is 0 Å². The lowest BCUT2D eigenvalue weighted by Crippen LogP contribution is -2.43. The van der Waals surface area contributed by atoms with Crippen LogP contribution in [0.1, 0.15) is 20.7 Å². The number of hydrogen-bond donors (Lipinski definition) is 3. The third-order valence-corrected chi connectivity index (χ3v) is 3.70. The number of H-pyrrole nitrogens is 1. The van der Waals surface area contributed by atoms with Crippen molar-refractivity contribution in [2.75, 3.05) is 0 Å². The van der Waals surface area contributed by atoms with Gasteiger partial charge in [-0.25, -0.2) is 4.39 Å². The van der Waals surface area contributed by atoms with E-state index in [1.807, 2.05) is 0 Å². The lowest BCUT2D eigenvalue weighted by Gasteiger charge is -2.08. The van der Waals surface area contributed by atoms with E-state index in [4.69, 9.17) is 11.6 Å². The molecule has 0 atom stereocenters. The van der Waals surface area contributed by atoms with Crippen molar-refractivity contribution in [1.82, 2.24) is 15.8 Å².